The predicted molar refractivity (Wildman–Crippen MR) is 122 cm³/mol. The Bertz CT molecular complexity index is 490. The van der Waals surface area contributed by atoms with Crippen molar-refractivity contribution in [2.45, 2.75) is 135 Å². The Morgan fingerprint density at radius 2 is 1.28 bits per heavy atom. The first-order valence-corrected chi connectivity index (χ1v) is 12.8. The Balaban J connectivity index is 1.42. The van der Waals surface area contributed by atoms with Crippen molar-refractivity contribution in [1.82, 2.24) is 0 Å². The van der Waals surface area contributed by atoms with Gasteiger partial charge in [-0.3, -0.25) is 0 Å². The van der Waals surface area contributed by atoms with E-state index < -0.39 is 0 Å². The Hall–Kier alpha value is -0.780. The molecule has 0 radical (unpaired) electrons. The second-order valence-electron chi connectivity index (χ2n) is 9.50. The maximum Gasteiger partial charge on any atom is 0.177 e. The highest BCUT2D eigenvalue weighted by atomic mass is 16.7. The zero-order chi connectivity index (χ0) is 20.2. The summed E-state index contributed by atoms with van der Waals surface area (Å²) in [6, 6.07) is 0. The van der Waals surface area contributed by atoms with Crippen molar-refractivity contribution in [1.29, 1.82) is 0 Å². The van der Waals surface area contributed by atoms with Gasteiger partial charge in [-0.05, 0) is 62.9 Å². The van der Waals surface area contributed by atoms with Crippen LogP contribution in [0.4, 0.5) is 0 Å². The minimum Gasteiger partial charge on any atom is -0.343 e. The average Bonchev–Trinajstić information content (AvgIpc) is 3.20. The number of ether oxygens (including phenoxy) is 2. The lowest BCUT2D eigenvalue weighted by atomic mass is 9.77. The van der Waals surface area contributed by atoms with Gasteiger partial charge < -0.3 is 9.47 Å². The molecule has 2 heteroatoms. The number of allylic oxidation sites excluding steroid dienone is 1. The fourth-order valence-corrected chi connectivity index (χ4v) is 5.43. The SMILES string of the molecule is CCCCCC#CCCC/C=C/C1O[C@H](C2CCCCC2)[C@@H](C2CCCCC2)O1. The number of hydrogen-bond acceptors (Lipinski definition) is 2. The average molecular weight is 401 g/mol. The Kier molecular flexibility index (Phi) is 10.7. The van der Waals surface area contributed by atoms with Crippen molar-refractivity contribution in [3.8, 4) is 11.8 Å². The summed E-state index contributed by atoms with van der Waals surface area (Å²) in [7, 11) is 0. The van der Waals surface area contributed by atoms with Crippen molar-refractivity contribution >= 4 is 0 Å². The predicted octanol–water partition coefficient (Wildman–Crippen LogP) is 7.57. The highest BCUT2D eigenvalue weighted by Gasteiger charge is 2.44. The fourth-order valence-electron chi connectivity index (χ4n) is 5.43. The van der Waals surface area contributed by atoms with Gasteiger partial charge >= 0.3 is 0 Å². The maximum absolute atomic E-state index is 6.51. The van der Waals surface area contributed by atoms with E-state index in [9.17, 15) is 0 Å². The molecule has 0 aromatic carbocycles. The van der Waals surface area contributed by atoms with Crippen LogP contribution in [0.15, 0.2) is 12.2 Å². The minimum atomic E-state index is -0.117. The van der Waals surface area contributed by atoms with Crippen molar-refractivity contribution in [2.75, 3.05) is 0 Å². The van der Waals surface area contributed by atoms with Crippen LogP contribution in [0.3, 0.4) is 0 Å². The molecule has 29 heavy (non-hydrogen) atoms. The Morgan fingerprint density at radius 1 is 0.724 bits per heavy atom. The molecule has 0 bridgehead atoms. The van der Waals surface area contributed by atoms with Gasteiger partial charge in [0, 0.05) is 12.8 Å². The van der Waals surface area contributed by atoms with E-state index in [-0.39, 0.29) is 6.29 Å². The molecule has 1 heterocycles. The molecule has 164 valence electrons. The number of hydrogen-bond donors (Lipinski definition) is 0. The van der Waals surface area contributed by atoms with Crippen LogP contribution in [-0.4, -0.2) is 18.5 Å². The third kappa shape index (κ3) is 7.76. The van der Waals surface area contributed by atoms with Gasteiger partial charge in [-0.1, -0.05) is 64.4 Å². The Labute approximate surface area is 180 Å². The van der Waals surface area contributed by atoms with Gasteiger partial charge in [0.15, 0.2) is 6.29 Å². The second kappa shape index (κ2) is 13.5. The van der Waals surface area contributed by atoms with Gasteiger partial charge in [0.2, 0.25) is 0 Å². The molecule has 1 saturated heterocycles. The van der Waals surface area contributed by atoms with Gasteiger partial charge in [-0.25, -0.2) is 0 Å². The second-order valence-corrected chi connectivity index (χ2v) is 9.50. The van der Waals surface area contributed by atoms with E-state index in [1.807, 2.05) is 0 Å². The maximum atomic E-state index is 6.51. The van der Waals surface area contributed by atoms with Gasteiger partial charge in [-0.15, -0.1) is 11.8 Å². The zero-order valence-electron chi connectivity index (χ0n) is 18.9. The molecular formula is C27H44O2. The summed E-state index contributed by atoms with van der Waals surface area (Å²) in [5.74, 6) is 8.08. The molecule has 3 rings (SSSR count). The summed E-state index contributed by atoms with van der Waals surface area (Å²) < 4.78 is 13.0. The zero-order valence-corrected chi connectivity index (χ0v) is 18.9. The summed E-state index contributed by atoms with van der Waals surface area (Å²) in [6.45, 7) is 2.24. The minimum absolute atomic E-state index is 0.117. The van der Waals surface area contributed by atoms with Crippen molar-refractivity contribution in [3.05, 3.63) is 12.2 Å². The van der Waals surface area contributed by atoms with E-state index in [0.717, 1.165) is 37.5 Å². The topological polar surface area (TPSA) is 18.5 Å². The van der Waals surface area contributed by atoms with E-state index in [1.54, 1.807) is 0 Å². The van der Waals surface area contributed by atoms with Crippen LogP contribution in [0.25, 0.3) is 0 Å². The fraction of sp³-hybridized carbons (Fsp3) is 0.852. The first-order chi connectivity index (χ1) is 14.4. The van der Waals surface area contributed by atoms with E-state index in [2.05, 4.69) is 30.9 Å². The van der Waals surface area contributed by atoms with Crippen LogP contribution >= 0.6 is 0 Å². The first-order valence-electron chi connectivity index (χ1n) is 12.8. The summed E-state index contributed by atoms with van der Waals surface area (Å²) >= 11 is 0. The van der Waals surface area contributed by atoms with Crippen LogP contribution in [0.2, 0.25) is 0 Å². The molecule has 2 atom stereocenters. The van der Waals surface area contributed by atoms with Crippen molar-refractivity contribution in [3.63, 3.8) is 0 Å². The summed E-state index contributed by atoms with van der Waals surface area (Å²) in [5.41, 5.74) is 0. The monoisotopic (exact) mass is 400 g/mol. The molecule has 3 aliphatic rings. The molecule has 2 saturated carbocycles. The smallest absolute Gasteiger partial charge is 0.177 e. The van der Waals surface area contributed by atoms with E-state index in [1.165, 1.54) is 83.5 Å². The largest absolute Gasteiger partial charge is 0.343 e. The van der Waals surface area contributed by atoms with Gasteiger partial charge in [0.1, 0.15) is 0 Å². The van der Waals surface area contributed by atoms with Gasteiger partial charge in [0.05, 0.1) is 12.2 Å². The van der Waals surface area contributed by atoms with Crippen LogP contribution in [0.5, 0.6) is 0 Å². The van der Waals surface area contributed by atoms with Gasteiger partial charge in [0.25, 0.3) is 0 Å². The third-order valence-corrected chi connectivity index (χ3v) is 7.13. The highest BCUT2D eigenvalue weighted by molar-refractivity contribution is 5.00. The number of rotatable bonds is 9. The molecule has 0 unspecified atom stereocenters. The normalized spacial score (nSPS) is 27.3. The van der Waals surface area contributed by atoms with Crippen molar-refractivity contribution < 1.29 is 9.47 Å². The molecule has 0 N–H and O–H groups in total. The van der Waals surface area contributed by atoms with E-state index in [0.29, 0.717) is 12.2 Å². The molecule has 0 aromatic rings. The summed E-state index contributed by atoms with van der Waals surface area (Å²) in [4.78, 5) is 0. The molecule has 0 spiro atoms. The standard InChI is InChI=1S/C27H44O2/c1-2-3-4-5-6-7-8-9-10-17-22-25-28-26(23-18-13-11-14-19-23)27(29-25)24-20-15-12-16-21-24/h17,22-27H,2-5,8-16,18-21H2,1H3/b22-17+/t26-,27-/m1/s1. The van der Waals surface area contributed by atoms with Crippen LogP contribution in [0, 0.1) is 23.7 Å². The summed E-state index contributed by atoms with van der Waals surface area (Å²) in [6.07, 6.45) is 26.8. The summed E-state index contributed by atoms with van der Waals surface area (Å²) in [5, 5.41) is 0. The molecular weight excluding hydrogens is 356 g/mol. The lowest BCUT2D eigenvalue weighted by Crippen LogP contribution is -2.38. The lowest BCUT2D eigenvalue weighted by Gasteiger charge is -2.34. The Morgan fingerprint density at radius 3 is 1.83 bits per heavy atom. The first kappa shape index (κ1) is 22.9. The van der Waals surface area contributed by atoms with Crippen LogP contribution in [-0.2, 0) is 9.47 Å². The molecule has 2 nitrogen and oxygen atoms in total. The van der Waals surface area contributed by atoms with E-state index in [4.69, 9.17) is 9.47 Å². The molecule has 1 aliphatic heterocycles. The van der Waals surface area contributed by atoms with E-state index >= 15 is 0 Å². The molecule has 3 fully saturated rings. The van der Waals surface area contributed by atoms with Crippen LogP contribution < -0.4 is 0 Å². The van der Waals surface area contributed by atoms with Crippen LogP contribution in [0.1, 0.15) is 116 Å². The van der Waals surface area contributed by atoms with Gasteiger partial charge in [-0.2, -0.15) is 0 Å². The molecule has 2 aliphatic carbocycles. The highest BCUT2D eigenvalue weighted by Crippen LogP contribution is 2.41. The number of unbranched alkanes of at least 4 members (excludes halogenated alkanes) is 5. The quantitative estimate of drug-likeness (QED) is 0.226. The molecule has 0 aromatic heterocycles. The molecule has 0 amide bonds. The third-order valence-electron chi connectivity index (χ3n) is 7.13. The van der Waals surface area contributed by atoms with Crippen molar-refractivity contribution in [2.24, 2.45) is 11.8 Å². The lowest BCUT2D eigenvalue weighted by molar-refractivity contribution is -0.0434.